The monoisotopic (exact) mass is 701 g/mol. The Morgan fingerprint density at radius 1 is 0.898 bits per heavy atom. The summed E-state index contributed by atoms with van der Waals surface area (Å²) in [4.78, 5) is 49.0. The van der Waals surface area contributed by atoms with Crippen LogP contribution in [0, 0.1) is 25.2 Å². The number of likely N-dealkylation sites (tertiary alicyclic amines) is 2. The van der Waals surface area contributed by atoms with Gasteiger partial charge in [0.2, 0.25) is 5.91 Å². The zero-order chi connectivity index (χ0) is 34.7. The maximum atomic E-state index is 13.9. The van der Waals surface area contributed by atoms with Crippen LogP contribution in [0.1, 0.15) is 51.5 Å². The molecule has 3 aliphatic heterocycles. The Labute approximate surface area is 297 Å². The third-order valence-corrected chi connectivity index (χ3v) is 10.7. The summed E-state index contributed by atoms with van der Waals surface area (Å²) in [5, 5.41) is 9.94. The van der Waals surface area contributed by atoms with Gasteiger partial charge in [-0.1, -0.05) is 76.8 Å². The predicted octanol–water partition coefficient (Wildman–Crippen LogP) is 5.46. The van der Waals surface area contributed by atoms with Crippen LogP contribution in [0.5, 0.6) is 0 Å². The number of rotatable bonds is 10. The second-order valence-corrected chi connectivity index (χ2v) is 14.1. The first-order chi connectivity index (χ1) is 23.6. The molecule has 11 heteroatoms. The highest BCUT2D eigenvalue weighted by Crippen LogP contribution is 2.34. The van der Waals surface area contributed by atoms with E-state index >= 15 is 0 Å². The number of carbonyl (C=O) groups is 3. The summed E-state index contributed by atoms with van der Waals surface area (Å²) >= 11 is 12.7. The number of piperazine rings is 2. The van der Waals surface area contributed by atoms with Gasteiger partial charge in [0.25, 0.3) is 11.8 Å². The lowest BCUT2D eigenvalue weighted by molar-refractivity contribution is -0.145. The average molecular weight is 703 g/mol. The standard InChI is InChI=1S/C38H41Cl2N5O4/c1-25-16-26(2)18-29(17-25)37(47)43-13-14-44(34(24-43)28-8-9-32(39)33(40)20-28)36(46)10-12-42-22-31-21-30(42)23-45(31)38(48)35(49-15-11-41)19-27-6-4-3-5-7-27/h3-9,16-18,20,30-31,34-35H,10,12-15,19,21-24H2,1-2H3/t30-,31-,34-,35+/m0/s1. The van der Waals surface area contributed by atoms with Crippen molar-refractivity contribution in [2.24, 2.45) is 0 Å². The summed E-state index contributed by atoms with van der Waals surface area (Å²) in [6.45, 7) is 6.84. The molecule has 3 fully saturated rings. The molecule has 0 aromatic heterocycles. The van der Waals surface area contributed by atoms with Crippen LogP contribution < -0.4 is 0 Å². The Kier molecular flexibility index (Phi) is 10.9. The fraction of sp³-hybridized carbons (Fsp3) is 0.421. The summed E-state index contributed by atoms with van der Waals surface area (Å²) in [5.41, 5.74) is 4.52. The molecule has 2 bridgehead atoms. The van der Waals surface area contributed by atoms with Crippen LogP contribution in [-0.4, -0.2) is 101 Å². The number of halogens is 2. The van der Waals surface area contributed by atoms with Crippen LogP contribution in [-0.2, 0) is 20.7 Å². The third-order valence-electron chi connectivity index (χ3n) is 9.92. The van der Waals surface area contributed by atoms with E-state index < -0.39 is 6.10 Å². The van der Waals surface area contributed by atoms with Gasteiger partial charge in [-0.15, -0.1) is 0 Å². The molecule has 49 heavy (non-hydrogen) atoms. The maximum absolute atomic E-state index is 13.9. The average Bonchev–Trinajstić information content (AvgIpc) is 3.70. The molecule has 3 saturated heterocycles. The molecular weight excluding hydrogens is 661 g/mol. The molecule has 3 heterocycles. The number of hydrogen-bond acceptors (Lipinski definition) is 6. The van der Waals surface area contributed by atoms with Crippen molar-refractivity contribution in [2.75, 3.05) is 45.9 Å². The van der Waals surface area contributed by atoms with E-state index in [0.717, 1.165) is 28.7 Å². The lowest BCUT2D eigenvalue weighted by atomic mass is 10.00. The summed E-state index contributed by atoms with van der Waals surface area (Å²) in [7, 11) is 0. The molecule has 9 nitrogen and oxygen atoms in total. The van der Waals surface area contributed by atoms with Crippen LogP contribution in [0.25, 0.3) is 0 Å². The van der Waals surface area contributed by atoms with Crippen molar-refractivity contribution in [3.63, 3.8) is 0 Å². The van der Waals surface area contributed by atoms with Gasteiger partial charge in [0.15, 0.2) is 0 Å². The van der Waals surface area contributed by atoms with Gasteiger partial charge in [0, 0.05) is 69.8 Å². The van der Waals surface area contributed by atoms with E-state index in [4.69, 9.17) is 33.2 Å². The van der Waals surface area contributed by atoms with Crippen LogP contribution in [0.4, 0.5) is 0 Å². The van der Waals surface area contributed by atoms with Gasteiger partial charge >= 0.3 is 0 Å². The van der Waals surface area contributed by atoms with Gasteiger partial charge in [-0.2, -0.15) is 5.26 Å². The molecule has 0 unspecified atom stereocenters. The number of nitrogens with zero attached hydrogens (tertiary/aromatic N) is 5. The first-order valence-corrected chi connectivity index (χ1v) is 17.6. The normalized spacial score (nSPS) is 21.1. The number of benzene rings is 3. The summed E-state index contributed by atoms with van der Waals surface area (Å²) in [6.07, 6.45) is 0.871. The second kappa shape index (κ2) is 15.3. The van der Waals surface area contributed by atoms with Gasteiger partial charge in [-0.3, -0.25) is 19.3 Å². The van der Waals surface area contributed by atoms with E-state index in [1.54, 1.807) is 12.1 Å². The molecule has 0 spiro atoms. The van der Waals surface area contributed by atoms with Crippen molar-refractivity contribution in [1.29, 1.82) is 5.26 Å². The summed E-state index contributed by atoms with van der Waals surface area (Å²) in [5.74, 6) is -0.127. The van der Waals surface area contributed by atoms with E-state index in [1.807, 2.05) is 89.2 Å². The second-order valence-electron chi connectivity index (χ2n) is 13.3. The van der Waals surface area contributed by atoms with Gasteiger partial charge in [0.05, 0.1) is 22.2 Å². The highest BCUT2D eigenvalue weighted by Gasteiger charge is 2.47. The molecular formula is C38H41Cl2N5O4. The Morgan fingerprint density at radius 3 is 2.33 bits per heavy atom. The first-order valence-electron chi connectivity index (χ1n) is 16.8. The Hall–Kier alpha value is -3.94. The molecule has 0 N–H and O–H groups in total. The van der Waals surface area contributed by atoms with Gasteiger partial charge in [-0.05, 0) is 55.7 Å². The minimum atomic E-state index is -0.713. The topological polar surface area (TPSA) is 97.2 Å². The Balaban J connectivity index is 1.09. The van der Waals surface area contributed by atoms with E-state index in [-0.39, 0.29) is 42.5 Å². The van der Waals surface area contributed by atoms with Crippen LogP contribution in [0.3, 0.4) is 0 Å². The van der Waals surface area contributed by atoms with Crippen molar-refractivity contribution in [3.8, 4) is 6.07 Å². The highest BCUT2D eigenvalue weighted by molar-refractivity contribution is 6.42. The Bertz CT molecular complexity index is 1730. The van der Waals surface area contributed by atoms with E-state index in [2.05, 4.69) is 4.90 Å². The number of hydrogen-bond donors (Lipinski definition) is 0. The molecule has 6 rings (SSSR count). The quantitative estimate of drug-likeness (QED) is 0.279. The summed E-state index contributed by atoms with van der Waals surface area (Å²) < 4.78 is 5.71. The fourth-order valence-electron chi connectivity index (χ4n) is 7.60. The molecule has 256 valence electrons. The number of carbonyl (C=O) groups excluding carboxylic acids is 3. The number of fused-ring (bicyclic) bond motifs is 2. The zero-order valence-electron chi connectivity index (χ0n) is 27.9. The molecule has 4 atom stereocenters. The van der Waals surface area contributed by atoms with Crippen molar-refractivity contribution < 1.29 is 19.1 Å². The molecule has 3 aromatic carbocycles. The van der Waals surface area contributed by atoms with E-state index in [0.29, 0.717) is 67.7 Å². The van der Waals surface area contributed by atoms with Crippen molar-refractivity contribution in [3.05, 3.63) is 105 Å². The predicted molar refractivity (Wildman–Crippen MR) is 188 cm³/mol. The largest absolute Gasteiger partial charge is 0.353 e. The van der Waals surface area contributed by atoms with Crippen molar-refractivity contribution >= 4 is 40.9 Å². The van der Waals surface area contributed by atoms with Gasteiger partial charge in [-0.25, -0.2) is 0 Å². The maximum Gasteiger partial charge on any atom is 0.254 e. The van der Waals surface area contributed by atoms with Crippen LogP contribution >= 0.6 is 23.2 Å². The molecule has 3 amide bonds. The highest BCUT2D eigenvalue weighted by atomic mass is 35.5. The molecule has 0 aliphatic carbocycles. The third kappa shape index (κ3) is 7.94. The number of amides is 3. The Morgan fingerprint density at radius 2 is 1.65 bits per heavy atom. The first kappa shape index (κ1) is 34.9. The fourth-order valence-corrected chi connectivity index (χ4v) is 7.90. The number of ether oxygens (including phenoxy) is 1. The molecule has 3 aliphatic rings. The van der Waals surface area contributed by atoms with Crippen molar-refractivity contribution in [2.45, 2.75) is 57.3 Å². The lowest BCUT2D eigenvalue weighted by Gasteiger charge is -2.42. The van der Waals surface area contributed by atoms with E-state index in [9.17, 15) is 14.4 Å². The van der Waals surface area contributed by atoms with Crippen molar-refractivity contribution in [1.82, 2.24) is 19.6 Å². The smallest absolute Gasteiger partial charge is 0.254 e. The SMILES string of the molecule is Cc1cc(C)cc(C(=O)N2CCN(C(=O)CCN3C[C@@H]4C[C@H]3CN4C(=O)[C@@H](Cc3ccccc3)OCC#N)[C@H](c3ccc(Cl)c(Cl)c3)C2)c1. The number of aryl methyl sites for hydroxylation is 2. The summed E-state index contributed by atoms with van der Waals surface area (Å²) in [6, 6.07) is 22.8. The van der Waals surface area contributed by atoms with Crippen LogP contribution in [0.2, 0.25) is 10.0 Å². The lowest BCUT2D eigenvalue weighted by Crippen LogP contribution is -2.54. The van der Waals surface area contributed by atoms with E-state index in [1.165, 1.54) is 0 Å². The zero-order valence-corrected chi connectivity index (χ0v) is 29.4. The minimum Gasteiger partial charge on any atom is -0.353 e. The molecule has 0 radical (unpaired) electrons. The number of nitriles is 1. The van der Waals surface area contributed by atoms with Gasteiger partial charge < -0.3 is 19.4 Å². The minimum absolute atomic E-state index is 0.0121. The molecule has 3 aromatic rings. The molecule has 0 saturated carbocycles. The van der Waals surface area contributed by atoms with Gasteiger partial charge in [0.1, 0.15) is 12.7 Å². The van der Waals surface area contributed by atoms with Crippen LogP contribution in [0.15, 0.2) is 66.7 Å².